The molecular formula is C18H18F2IN3O2. The van der Waals surface area contributed by atoms with Crippen LogP contribution in [0.3, 0.4) is 0 Å². The van der Waals surface area contributed by atoms with Crippen LogP contribution in [0, 0.1) is 0 Å². The van der Waals surface area contributed by atoms with Crippen molar-refractivity contribution < 1.29 is 18.4 Å². The summed E-state index contributed by atoms with van der Waals surface area (Å²) in [4.78, 5) is 27.8. The van der Waals surface area contributed by atoms with Crippen molar-refractivity contribution >= 4 is 40.2 Å². The zero-order valence-corrected chi connectivity index (χ0v) is 16.4. The Morgan fingerprint density at radius 1 is 1.27 bits per heavy atom. The van der Waals surface area contributed by atoms with Crippen molar-refractivity contribution in [1.82, 2.24) is 10.3 Å². The van der Waals surface area contributed by atoms with E-state index in [0.29, 0.717) is 17.5 Å². The zero-order chi connectivity index (χ0) is 19.3. The smallest absolute Gasteiger partial charge is 0.321 e. The molecule has 1 atom stereocenters. The highest BCUT2D eigenvalue weighted by molar-refractivity contribution is 14.1. The topological polar surface area (TPSA) is 71.1 Å². The van der Waals surface area contributed by atoms with E-state index in [9.17, 15) is 18.4 Å². The summed E-state index contributed by atoms with van der Waals surface area (Å²) in [7, 11) is 0. The maximum atomic E-state index is 13.5. The molecule has 0 spiro atoms. The second kappa shape index (κ2) is 8.52. The minimum atomic E-state index is -2.98. The number of carbonyl (C=O) groups is 2. The van der Waals surface area contributed by atoms with E-state index < -0.39 is 15.9 Å². The van der Waals surface area contributed by atoms with Gasteiger partial charge >= 0.3 is 3.93 Å². The van der Waals surface area contributed by atoms with E-state index in [1.807, 2.05) is 0 Å². The lowest BCUT2D eigenvalue weighted by Gasteiger charge is -2.17. The van der Waals surface area contributed by atoms with Crippen molar-refractivity contribution in [1.29, 1.82) is 0 Å². The number of anilines is 1. The Bertz CT molecular complexity index is 809. The first-order valence-electron chi connectivity index (χ1n) is 7.94. The average molecular weight is 473 g/mol. The van der Waals surface area contributed by atoms with Crippen molar-refractivity contribution in [2.24, 2.45) is 0 Å². The number of nitrogens with zero attached hydrogens (tertiary/aromatic N) is 1. The first-order chi connectivity index (χ1) is 12.2. The van der Waals surface area contributed by atoms with Gasteiger partial charge in [0.05, 0.1) is 6.04 Å². The molecule has 0 radical (unpaired) electrons. The second-order valence-corrected chi connectivity index (χ2v) is 7.00. The fourth-order valence-electron chi connectivity index (χ4n) is 2.22. The molecule has 8 heteroatoms. The predicted octanol–water partition coefficient (Wildman–Crippen LogP) is 4.41. The van der Waals surface area contributed by atoms with E-state index in [1.54, 1.807) is 19.9 Å². The van der Waals surface area contributed by atoms with Crippen LogP contribution in [0.25, 0.3) is 0 Å². The fraction of sp³-hybridized carbons (Fsp3) is 0.278. The van der Waals surface area contributed by atoms with Gasteiger partial charge in [0.2, 0.25) is 5.91 Å². The number of alkyl halides is 3. The monoisotopic (exact) mass is 473 g/mol. The van der Waals surface area contributed by atoms with Crippen LogP contribution in [0.2, 0.25) is 0 Å². The predicted molar refractivity (Wildman–Crippen MR) is 103 cm³/mol. The highest BCUT2D eigenvalue weighted by atomic mass is 127. The van der Waals surface area contributed by atoms with Crippen molar-refractivity contribution in [3.63, 3.8) is 0 Å². The van der Waals surface area contributed by atoms with Crippen LogP contribution in [-0.4, -0.2) is 16.8 Å². The average Bonchev–Trinajstić information content (AvgIpc) is 2.61. The lowest BCUT2D eigenvalue weighted by Crippen LogP contribution is -2.27. The minimum Gasteiger partial charge on any atom is -0.346 e. The summed E-state index contributed by atoms with van der Waals surface area (Å²) in [6.45, 7) is 3.42. The third-order valence-electron chi connectivity index (χ3n) is 3.67. The standard InChI is InChI=1S/C18H18F2IN3O2/c1-3-16(25)24-15-10-13(7-8-22-15)17(26)23-11(2)12-5-4-6-14(9-12)18(19,20)21/h4-11H,3H2,1-2H3,(H,23,26)(H,22,24,25)/t11-/m1/s1. The van der Waals surface area contributed by atoms with E-state index in [4.69, 9.17) is 0 Å². The van der Waals surface area contributed by atoms with Gasteiger partial charge in [0.15, 0.2) is 0 Å². The largest absolute Gasteiger partial charge is 0.346 e. The molecule has 1 aromatic heterocycles. The molecular weight excluding hydrogens is 455 g/mol. The van der Waals surface area contributed by atoms with E-state index in [1.165, 1.54) is 36.5 Å². The summed E-state index contributed by atoms with van der Waals surface area (Å²) in [6.07, 6.45) is 1.72. The van der Waals surface area contributed by atoms with Crippen molar-refractivity contribution in [3.05, 3.63) is 59.3 Å². The van der Waals surface area contributed by atoms with Gasteiger partial charge in [-0.05, 0) is 30.7 Å². The van der Waals surface area contributed by atoms with Crippen molar-refractivity contribution in [2.45, 2.75) is 30.2 Å². The number of hydrogen-bond donors (Lipinski definition) is 2. The third-order valence-corrected chi connectivity index (χ3v) is 4.30. The molecule has 0 bridgehead atoms. The Kier molecular flexibility index (Phi) is 6.63. The first-order valence-corrected chi connectivity index (χ1v) is 9.02. The Morgan fingerprint density at radius 2 is 2.00 bits per heavy atom. The molecule has 1 heterocycles. The number of carbonyl (C=O) groups excluding carboxylic acids is 2. The molecule has 5 nitrogen and oxygen atoms in total. The van der Waals surface area contributed by atoms with Gasteiger partial charge in [0.1, 0.15) is 5.82 Å². The zero-order valence-electron chi connectivity index (χ0n) is 14.2. The summed E-state index contributed by atoms with van der Waals surface area (Å²) in [5, 5.41) is 5.34. The Hall–Kier alpha value is -2.10. The lowest BCUT2D eigenvalue weighted by atomic mass is 10.0. The number of nitrogens with one attached hydrogen (secondary N) is 2. The molecule has 2 rings (SSSR count). The van der Waals surface area contributed by atoms with Gasteiger partial charge < -0.3 is 10.6 Å². The van der Waals surface area contributed by atoms with Crippen LogP contribution < -0.4 is 10.6 Å². The molecule has 2 amide bonds. The molecule has 138 valence electrons. The van der Waals surface area contributed by atoms with E-state index in [2.05, 4.69) is 15.6 Å². The van der Waals surface area contributed by atoms with E-state index in [0.717, 1.165) is 22.6 Å². The number of aromatic nitrogens is 1. The third kappa shape index (κ3) is 5.45. The normalized spacial score (nSPS) is 12.3. The lowest BCUT2D eigenvalue weighted by molar-refractivity contribution is -0.115. The van der Waals surface area contributed by atoms with Crippen molar-refractivity contribution in [3.8, 4) is 0 Å². The second-order valence-electron chi connectivity index (χ2n) is 5.65. The first kappa shape index (κ1) is 20.2. The molecule has 2 N–H and O–H groups in total. The number of benzene rings is 1. The molecule has 0 unspecified atom stereocenters. The number of pyridine rings is 1. The maximum Gasteiger partial charge on any atom is 0.321 e. The summed E-state index contributed by atoms with van der Waals surface area (Å²) < 4.78 is 23.9. The van der Waals surface area contributed by atoms with Crippen LogP contribution in [0.1, 0.15) is 47.8 Å². The number of halogens is 3. The number of amides is 2. The van der Waals surface area contributed by atoms with E-state index >= 15 is 0 Å². The Labute approximate surface area is 163 Å². The van der Waals surface area contributed by atoms with Crippen LogP contribution >= 0.6 is 22.6 Å². The van der Waals surface area contributed by atoms with Gasteiger partial charge in [-0.15, -0.1) is 0 Å². The molecule has 0 fully saturated rings. The molecule has 0 aliphatic carbocycles. The molecule has 2 aromatic rings. The van der Waals surface area contributed by atoms with Gasteiger partial charge in [-0.25, -0.2) is 4.98 Å². The summed E-state index contributed by atoms with van der Waals surface area (Å²) in [5.41, 5.74) is 0.763. The van der Waals surface area contributed by atoms with Crippen LogP contribution in [0.4, 0.5) is 14.6 Å². The highest BCUT2D eigenvalue weighted by Gasteiger charge is 2.27. The molecule has 0 aliphatic rings. The van der Waals surface area contributed by atoms with E-state index in [-0.39, 0.29) is 17.3 Å². The highest BCUT2D eigenvalue weighted by Crippen LogP contribution is 2.36. The van der Waals surface area contributed by atoms with Gasteiger partial charge in [-0.2, -0.15) is 8.78 Å². The molecule has 0 saturated heterocycles. The van der Waals surface area contributed by atoms with Crippen LogP contribution in [-0.2, 0) is 8.72 Å². The SMILES string of the molecule is CCC(=O)Nc1cc(C(=O)N[C@H](C)c2cccc(C(F)(F)I)c2)ccn1. The number of hydrogen-bond acceptors (Lipinski definition) is 3. The Balaban J connectivity index is 2.12. The van der Waals surface area contributed by atoms with Gasteiger partial charge in [-0.1, -0.05) is 25.1 Å². The van der Waals surface area contributed by atoms with Crippen molar-refractivity contribution in [2.75, 3.05) is 5.32 Å². The van der Waals surface area contributed by atoms with Gasteiger partial charge in [0.25, 0.3) is 5.91 Å². The minimum absolute atomic E-state index is 0.120. The maximum absolute atomic E-state index is 13.5. The summed E-state index contributed by atoms with van der Waals surface area (Å²) in [5.74, 6) is -0.317. The quantitative estimate of drug-likeness (QED) is 0.483. The molecule has 0 aliphatic heterocycles. The summed E-state index contributed by atoms with van der Waals surface area (Å²) >= 11 is 1.07. The molecule has 0 saturated carbocycles. The fourth-order valence-corrected chi connectivity index (χ4v) is 2.55. The van der Waals surface area contributed by atoms with Gasteiger partial charge in [0, 0.05) is 46.3 Å². The molecule has 1 aromatic carbocycles. The number of rotatable bonds is 6. The Morgan fingerprint density at radius 3 is 2.65 bits per heavy atom. The summed E-state index contributed by atoms with van der Waals surface area (Å²) in [6, 6.07) is 8.43. The molecule has 26 heavy (non-hydrogen) atoms. The van der Waals surface area contributed by atoms with Gasteiger partial charge in [-0.3, -0.25) is 9.59 Å². The van der Waals surface area contributed by atoms with Crippen LogP contribution in [0.5, 0.6) is 0 Å². The van der Waals surface area contributed by atoms with Crippen LogP contribution in [0.15, 0.2) is 42.6 Å².